The molecule has 2 heterocycles. The maximum absolute atomic E-state index is 2.50. The number of fused-ring (bicyclic) bond motifs is 1. The Labute approximate surface area is 88.0 Å². The zero-order chi connectivity index (χ0) is 9.38. The second-order valence-electron chi connectivity index (χ2n) is 3.82. The first-order valence-electron chi connectivity index (χ1n) is 5.17. The van der Waals surface area contributed by atoms with Crippen LogP contribution in [-0.4, -0.2) is 13.1 Å². The third-order valence-corrected chi connectivity index (χ3v) is 4.01. The van der Waals surface area contributed by atoms with Gasteiger partial charge in [-0.05, 0) is 30.4 Å². The highest BCUT2D eigenvalue weighted by atomic mass is 32.1. The zero-order valence-electron chi connectivity index (χ0n) is 8.07. The summed E-state index contributed by atoms with van der Waals surface area (Å²) in [5.41, 5.74) is 0. The van der Waals surface area contributed by atoms with E-state index < -0.39 is 0 Å². The van der Waals surface area contributed by atoms with Crippen molar-refractivity contribution in [3.05, 3.63) is 30.3 Å². The highest BCUT2D eigenvalue weighted by Crippen LogP contribution is 2.33. The van der Waals surface area contributed by atoms with Crippen LogP contribution >= 0.6 is 11.3 Å². The molecule has 0 spiro atoms. The number of hydrogen-bond acceptors (Lipinski definition) is 2. The Hall–Kier alpha value is -1.02. The maximum atomic E-state index is 2.50. The van der Waals surface area contributed by atoms with Crippen LogP contribution in [0.5, 0.6) is 0 Å². The summed E-state index contributed by atoms with van der Waals surface area (Å²) in [7, 11) is 0. The fourth-order valence-electron chi connectivity index (χ4n) is 2.06. The van der Waals surface area contributed by atoms with Crippen LogP contribution in [-0.2, 0) is 0 Å². The first-order valence-corrected chi connectivity index (χ1v) is 5.99. The van der Waals surface area contributed by atoms with Crippen LogP contribution in [0.25, 0.3) is 10.1 Å². The van der Waals surface area contributed by atoms with Crippen molar-refractivity contribution in [1.82, 2.24) is 0 Å². The third-order valence-electron chi connectivity index (χ3n) is 2.83. The van der Waals surface area contributed by atoms with E-state index in [9.17, 15) is 0 Å². The zero-order valence-corrected chi connectivity index (χ0v) is 8.89. The largest absolute Gasteiger partial charge is 0.363 e. The van der Waals surface area contributed by atoms with Crippen LogP contribution < -0.4 is 4.90 Å². The fraction of sp³-hybridized carbons (Fsp3) is 0.333. The van der Waals surface area contributed by atoms with E-state index in [1.807, 2.05) is 11.3 Å². The van der Waals surface area contributed by atoms with Gasteiger partial charge in [0.25, 0.3) is 0 Å². The minimum atomic E-state index is 1.24. The summed E-state index contributed by atoms with van der Waals surface area (Å²) >= 11 is 1.92. The summed E-state index contributed by atoms with van der Waals surface area (Å²) in [5.74, 6) is 0. The maximum Gasteiger partial charge on any atom is 0.0920 e. The van der Waals surface area contributed by atoms with Crippen molar-refractivity contribution in [1.29, 1.82) is 0 Å². The molecule has 0 bridgehead atoms. The van der Waals surface area contributed by atoms with Crippen LogP contribution in [0.4, 0.5) is 5.00 Å². The molecule has 1 fully saturated rings. The van der Waals surface area contributed by atoms with Crippen molar-refractivity contribution >= 4 is 26.4 Å². The van der Waals surface area contributed by atoms with Crippen LogP contribution in [0.2, 0.25) is 0 Å². The molecule has 0 unspecified atom stereocenters. The van der Waals surface area contributed by atoms with Gasteiger partial charge >= 0.3 is 0 Å². The molecule has 0 saturated carbocycles. The molecule has 0 radical (unpaired) electrons. The number of anilines is 1. The Balaban J connectivity index is 2.05. The highest BCUT2D eigenvalue weighted by Gasteiger charge is 2.14. The Morgan fingerprint density at radius 2 is 1.86 bits per heavy atom. The molecular formula is C12H13NS. The van der Waals surface area contributed by atoms with Gasteiger partial charge in [0.2, 0.25) is 0 Å². The molecule has 1 aliphatic rings. The number of hydrogen-bond donors (Lipinski definition) is 0. The molecule has 1 aromatic heterocycles. The van der Waals surface area contributed by atoms with Gasteiger partial charge in [-0.3, -0.25) is 0 Å². The van der Waals surface area contributed by atoms with E-state index >= 15 is 0 Å². The lowest BCUT2D eigenvalue weighted by atomic mass is 10.3. The van der Waals surface area contributed by atoms with Gasteiger partial charge in [0.1, 0.15) is 0 Å². The molecule has 2 aromatic rings. The predicted octanol–water partition coefficient (Wildman–Crippen LogP) is 3.50. The number of benzene rings is 1. The molecule has 1 aromatic carbocycles. The monoisotopic (exact) mass is 203 g/mol. The molecule has 0 atom stereocenters. The van der Waals surface area contributed by atoms with E-state index in [0.717, 1.165) is 0 Å². The summed E-state index contributed by atoms with van der Waals surface area (Å²) in [5, 5.41) is 2.84. The van der Waals surface area contributed by atoms with E-state index in [4.69, 9.17) is 0 Å². The van der Waals surface area contributed by atoms with Gasteiger partial charge in [-0.25, -0.2) is 0 Å². The summed E-state index contributed by atoms with van der Waals surface area (Å²) in [6.07, 6.45) is 2.71. The lowest BCUT2D eigenvalue weighted by molar-refractivity contribution is 0.949. The Bertz CT molecular complexity index is 407. The standard InChI is InChI=1S/C12H13NS/c1-2-6-11-10(5-1)9-12(14-11)13-7-3-4-8-13/h1-2,5-6,9H,3-4,7-8H2. The van der Waals surface area contributed by atoms with E-state index in [0.29, 0.717) is 0 Å². The molecule has 0 amide bonds. The van der Waals surface area contributed by atoms with Crippen molar-refractivity contribution in [3.63, 3.8) is 0 Å². The third kappa shape index (κ3) is 1.30. The lowest BCUT2D eigenvalue weighted by Crippen LogP contribution is -2.15. The van der Waals surface area contributed by atoms with E-state index in [1.165, 1.54) is 41.0 Å². The van der Waals surface area contributed by atoms with Gasteiger partial charge in [-0.2, -0.15) is 0 Å². The molecule has 14 heavy (non-hydrogen) atoms. The normalized spacial score (nSPS) is 16.7. The average molecular weight is 203 g/mol. The van der Waals surface area contributed by atoms with Gasteiger partial charge in [-0.15, -0.1) is 11.3 Å². The van der Waals surface area contributed by atoms with Crippen molar-refractivity contribution in [3.8, 4) is 0 Å². The van der Waals surface area contributed by atoms with Crippen molar-refractivity contribution in [2.45, 2.75) is 12.8 Å². The second kappa shape index (κ2) is 3.28. The molecule has 1 saturated heterocycles. The topological polar surface area (TPSA) is 3.24 Å². The molecule has 72 valence electrons. The van der Waals surface area contributed by atoms with Crippen molar-refractivity contribution < 1.29 is 0 Å². The molecule has 0 aliphatic carbocycles. The average Bonchev–Trinajstić information content (AvgIpc) is 2.86. The van der Waals surface area contributed by atoms with E-state index in [-0.39, 0.29) is 0 Å². The van der Waals surface area contributed by atoms with Crippen LogP contribution in [0.1, 0.15) is 12.8 Å². The molecular weight excluding hydrogens is 190 g/mol. The molecule has 1 aliphatic heterocycles. The summed E-state index contributed by atoms with van der Waals surface area (Å²) in [6, 6.07) is 11.0. The first kappa shape index (κ1) is 8.30. The smallest absolute Gasteiger partial charge is 0.0920 e. The van der Waals surface area contributed by atoms with Crippen molar-refractivity contribution in [2.24, 2.45) is 0 Å². The van der Waals surface area contributed by atoms with Gasteiger partial charge in [-0.1, -0.05) is 18.2 Å². The molecule has 1 nitrogen and oxygen atoms in total. The summed E-state index contributed by atoms with van der Waals surface area (Å²) in [4.78, 5) is 2.50. The Kier molecular flexibility index (Phi) is 1.95. The van der Waals surface area contributed by atoms with E-state index in [2.05, 4.69) is 35.2 Å². The number of thiophene rings is 1. The Morgan fingerprint density at radius 1 is 1.07 bits per heavy atom. The fourth-order valence-corrected chi connectivity index (χ4v) is 3.18. The minimum absolute atomic E-state index is 1.24. The van der Waals surface area contributed by atoms with E-state index in [1.54, 1.807) is 0 Å². The van der Waals surface area contributed by atoms with Crippen LogP contribution in [0.3, 0.4) is 0 Å². The minimum Gasteiger partial charge on any atom is -0.363 e. The first-order chi connectivity index (χ1) is 6.93. The Morgan fingerprint density at radius 3 is 2.64 bits per heavy atom. The molecule has 0 N–H and O–H groups in total. The van der Waals surface area contributed by atoms with Gasteiger partial charge in [0, 0.05) is 17.8 Å². The van der Waals surface area contributed by atoms with Crippen LogP contribution in [0.15, 0.2) is 30.3 Å². The number of rotatable bonds is 1. The SMILES string of the molecule is c1ccc2sc(N3CCCC3)cc2c1. The van der Waals surface area contributed by atoms with Gasteiger partial charge in [0.05, 0.1) is 5.00 Å². The van der Waals surface area contributed by atoms with Crippen molar-refractivity contribution in [2.75, 3.05) is 18.0 Å². The molecule has 2 heteroatoms. The quantitative estimate of drug-likeness (QED) is 0.685. The highest BCUT2D eigenvalue weighted by molar-refractivity contribution is 7.22. The molecule has 3 rings (SSSR count). The predicted molar refractivity (Wildman–Crippen MR) is 63.3 cm³/mol. The summed E-state index contributed by atoms with van der Waals surface area (Å²) in [6.45, 7) is 2.49. The second-order valence-corrected chi connectivity index (χ2v) is 4.88. The van der Waals surface area contributed by atoms with Gasteiger partial charge in [0.15, 0.2) is 0 Å². The van der Waals surface area contributed by atoms with Crippen LogP contribution in [0, 0.1) is 0 Å². The lowest BCUT2D eigenvalue weighted by Gasteiger charge is -2.13. The number of nitrogens with zero attached hydrogens (tertiary/aromatic N) is 1. The van der Waals surface area contributed by atoms with Gasteiger partial charge < -0.3 is 4.90 Å². The summed E-state index contributed by atoms with van der Waals surface area (Å²) < 4.78 is 1.41.